The van der Waals surface area contributed by atoms with Gasteiger partial charge in [-0.05, 0) is 48.9 Å². The summed E-state index contributed by atoms with van der Waals surface area (Å²) in [5.74, 6) is -0.458. The molecule has 0 fully saturated rings. The van der Waals surface area contributed by atoms with E-state index in [9.17, 15) is 9.18 Å². The van der Waals surface area contributed by atoms with Crippen LogP contribution in [0, 0.1) is 5.82 Å². The molecule has 2 N–H and O–H groups in total. The molecule has 1 amide bonds. The molecule has 1 unspecified atom stereocenters. The summed E-state index contributed by atoms with van der Waals surface area (Å²) in [6.45, 7) is 1.79. The molecule has 0 radical (unpaired) electrons. The van der Waals surface area contributed by atoms with Gasteiger partial charge in [-0.15, -0.1) is 0 Å². The molecule has 0 bridgehead atoms. The van der Waals surface area contributed by atoms with Crippen molar-refractivity contribution in [2.75, 3.05) is 5.32 Å². The van der Waals surface area contributed by atoms with Crippen LogP contribution in [-0.2, 0) is 4.79 Å². The van der Waals surface area contributed by atoms with Crippen molar-refractivity contribution in [1.29, 1.82) is 0 Å². The first-order valence-electron chi connectivity index (χ1n) is 7.56. The first kappa shape index (κ1) is 17.5. The van der Waals surface area contributed by atoms with Gasteiger partial charge in [0.2, 0.25) is 5.91 Å². The van der Waals surface area contributed by atoms with E-state index in [1.54, 1.807) is 49.5 Å². The number of para-hydroxylation sites is 1. The molecule has 3 aromatic rings. The number of H-pyrrole nitrogens is 1. The van der Waals surface area contributed by atoms with Gasteiger partial charge in [-0.25, -0.2) is 9.37 Å². The fourth-order valence-electron chi connectivity index (χ4n) is 2.16. The fraction of sp³-hybridized carbons (Fsp3) is 0.111. The van der Waals surface area contributed by atoms with Gasteiger partial charge in [-0.2, -0.15) is 0 Å². The van der Waals surface area contributed by atoms with E-state index in [0.717, 1.165) is 11.3 Å². The van der Waals surface area contributed by atoms with Crippen molar-refractivity contribution in [3.05, 3.63) is 65.6 Å². The molecule has 1 aromatic heterocycles. The lowest BCUT2D eigenvalue weighted by Crippen LogP contribution is -2.22. The maximum absolute atomic E-state index is 13.0. The molecule has 7 heteroatoms. The van der Waals surface area contributed by atoms with Gasteiger partial charge in [0.05, 0.1) is 27.9 Å². The molecule has 0 saturated heterocycles. The van der Waals surface area contributed by atoms with E-state index >= 15 is 0 Å². The van der Waals surface area contributed by atoms with Crippen LogP contribution in [0.4, 0.5) is 10.1 Å². The number of rotatable bonds is 5. The molecule has 0 aliphatic carbocycles. The summed E-state index contributed by atoms with van der Waals surface area (Å²) in [7, 11) is 0. The van der Waals surface area contributed by atoms with Gasteiger partial charge in [-0.1, -0.05) is 35.5 Å². The number of aromatic amines is 1. The van der Waals surface area contributed by atoms with E-state index in [-0.39, 0.29) is 17.0 Å². The second kappa shape index (κ2) is 7.72. The topological polar surface area (TPSA) is 57.8 Å². The van der Waals surface area contributed by atoms with E-state index < -0.39 is 0 Å². The van der Waals surface area contributed by atoms with E-state index in [0.29, 0.717) is 15.9 Å². The Morgan fingerprint density at radius 3 is 2.68 bits per heavy atom. The Labute approximate surface area is 153 Å². The van der Waals surface area contributed by atoms with Crippen LogP contribution < -0.4 is 5.32 Å². The SMILES string of the molecule is CC(Sc1ncc(-c2ccc(F)cc2)[nH]1)C(=O)Nc1ccccc1Cl. The van der Waals surface area contributed by atoms with Crippen LogP contribution >= 0.6 is 23.4 Å². The van der Waals surface area contributed by atoms with Gasteiger partial charge in [-0.3, -0.25) is 4.79 Å². The van der Waals surface area contributed by atoms with E-state index in [1.165, 1.54) is 23.9 Å². The number of hydrogen-bond acceptors (Lipinski definition) is 3. The molecule has 2 aromatic carbocycles. The van der Waals surface area contributed by atoms with Crippen LogP contribution in [0.3, 0.4) is 0 Å². The van der Waals surface area contributed by atoms with E-state index in [1.807, 2.05) is 0 Å². The number of aromatic nitrogens is 2. The van der Waals surface area contributed by atoms with Crippen molar-refractivity contribution in [1.82, 2.24) is 9.97 Å². The first-order chi connectivity index (χ1) is 12.0. The second-order valence-corrected chi connectivity index (χ2v) is 7.07. The summed E-state index contributed by atoms with van der Waals surface area (Å²) >= 11 is 7.35. The maximum Gasteiger partial charge on any atom is 0.237 e. The van der Waals surface area contributed by atoms with E-state index in [2.05, 4.69) is 15.3 Å². The van der Waals surface area contributed by atoms with Crippen molar-refractivity contribution in [3.8, 4) is 11.3 Å². The largest absolute Gasteiger partial charge is 0.333 e. The molecule has 1 heterocycles. The van der Waals surface area contributed by atoms with Crippen LogP contribution in [0.1, 0.15) is 6.92 Å². The molecule has 0 saturated carbocycles. The normalized spacial score (nSPS) is 12.0. The number of halogens is 2. The number of nitrogens with zero attached hydrogens (tertiary/aromatic N) is 1. The average Bonchev–Trinajstić information content (AvgIpc) is 3.06. The molecule has 3 rings (SSSR count). The third kappa shape index (κ3) is 4.41. The van der Waals surface area contributed by atoms with E-state index in [4.69, 9.17) is 11.6 Å². The van der Waals surface area contributed by atoms with Gasteiger partial charge in [0, 0.05) is 0 Å². The van der Waals surface area contributed by atoms with Crippen LogP contribution in [0.2, 0.25) is 5.02 Å². The Morgan fingerprint density at radius 1 is 1.24 bits per heavy atom. The highest BCUT2D eigenvalue weighted by Crippen LogP contribution is 2.26. The minimum absolute atomic E-state index is 0.169. The predicted octanol–water partition coefficient (Wildman–Crippen LogP) is 4.99. The Morgan fingerprint density at radius 2 is 1.96 bits per heavy atom. The number of amides is 1. The van der Waals surface area contributed by atoms with Crippen molar-refractivity contribution in [2.24, 2.45) is 0 Å². The molecule has 0 spiro atoms. The maximum atomic E-state index is 13.0. The summed E-state index contributed by atoms with van der Waals surface area (Å²) in [5.41, 5.74) is 2.17. The monoisotopic (exact) mass is 375 g/mol. The van der Waals surface area contributed by atoms with Crippen molar-refractivity contribution in [3.63, 3.8) is 0 Å². The van der Waals surface area contributed by atoms with Crippen LogP contribution in [0.15, 0.2) is 59.9 Å². The molecule has 0 aliphatic rings. The predicted molar refractivity (Wildman–Crippen MR) is 99.4 cm³/mol. The van der Waals surface area contributed by atoms with Crippen molar-refractivity contribution in [2.45, 2.75) is 17.3 Å². The molecular weight excluding hydrogens is 361 g/mol. The Balaban J connectivity index is 1.65. The minimum Gasteiger partial charge on any atom is -0.333 e. The Kier molecular flexibility index (Phi) is 5.40. The quantitative estimate of drug-likeness (QED) is 0.618. The van der Waals surface area contributed by atoms with Gasteiger partial charge in [0.1, 0.15) is 5.82 Å². The zero-order valence-corrected chi connectivity index (χ0v) is 14.9. The highest BCUT2D eigenvalue weighted by atomic mass is 35.5. The average molecular weight is 376 g/mol. The van der Waals surface area contributed by atoms with Crippen molar-refractivity contribution >= 4 is 35.0 Å². The van der Waals surface area contributed by atoms with Crippen LogP contribution in [0.5, 0.6) is 0 Å². The van der Waals surface area contributed by atoms with Crippen LogP contribution in [0.25, 0.3) is 11.3 Å². The smallest absolute Gasteiger partial charge is 0.237 e. The second-order valence-electron chi connectivity index (χ2n) is 5.34. The standard InChI is InChI=1S/C18H15ClFN3OS/c1-11(17(24)22-15-5-3-2-4-14(15)19)25-18-21-10-16(23-18)12-6-8-13(20)9-7-12/h2-11H,1H3,(H,21,23)(H,22,24). The zero-order valence-electron chi connectivity index (χ0n) is 13.3. The summed E-state index contributed by atoms with van der Waals surface area (Å²) in [5, 5.41) is 3.53. The molecule has 4 nitrogen and oxygen atoms in total. The number of carbonyl (C=O) groups excluding carboxylic acids is 1. The number of hydrogen-bond donors (Lipinski definition) is 2. The summed E-state index contributed by atoms with van der Waals surface area (Å²) in [6, 6.07) is 13.2. The molecule has 25 heavy (non-hydrogen) atoms. The van der Waals surface area contributed by atoms with Crippen molar-refractivity contribution < 1.29 is 9.18 Å². The number of thioether (sulfide) groups is 1. The lowest BCUT2D eigenvalue weighted by atomic mass is 10.2. The summed E-state index contributed by atoms with van der Waals surface area (Å²) < 4.78 is 13.0. The summed E-state index contributed by atoms with van der Waals surface area (Å²) in [6.07, 6.45) is 1.66. The van der Waals surface area contributed by atoms with Crippen LogP contribution in [-0.4, -0.2) is 21.1 Å². The summed E-state index contributed by atoms with van der Waals surface area (Å²) in [4.78, 5) is 19.7. The number of anilines is 1. The highest BCUT2D eigenvalue weighted by molar-refractivity contribution is 8.00. The lowest BCUT2D eigenvalue weighted by Gasteiger charge is -2.11. The third-order valence-electron chi connectivity index (χ3n) is 3.50. The van der Waals surface area contributed by atoms with Gasteiger partial charge in [0.15, 0.2) is 5.16 Å². The Hall–Kier alpha value is -2.31. The number of imidazole rings is 1. The number of benzene rings is 2. The highest BCUT2D eigenvalue weighted by Gasteiger charge is 2.17. The first-order valence-corrected chi connectivity index (χ1v) is 8.81. The molecule has 0 aliphatic heterocycles. The molecule has 128 valence electrons. The van der Waals surface area contributed by atoms with Gasteiger partial charge >= 0.3 is 0 Å². The number of carbonyl (C=O) groups is 1. The number of nitrogens with one attached hydrogen (secondary N) is 2. The Bertz CT molecular complexity index is 882. The fourth-order valence-corrected chi connectivity index (χ4v) is 3.12. The van der Waals surface area contributed by atoms with Gasteiger partial charge < -0.3 is 10.3 Å². The molecule has 1 atom stereocenters. The minimum atomic E-state index is -0.372. The lowest BCUT2D eigenvalue weighted by molar-refractivity contribution is -0.115. The van der Waals surface area contributed by atoms with Gasteiger partial charge in [0.25, 0.3) is 0 Å². The molecular formula is C18H15ClFN3OS. The zero-order chi connectivity index (χ0) is 17.8. The third-order valence-corrected chi connectivity index (χ3v) is 4.83.